The summed E-state index contributed by atoms with van der Waals surface area (Å²) in [6.45, 7) is 2.11. The van der Waals surface area contributed by atoms with Gasteiger partial charge in [0, 0.05) is 19.1 Å². The van der Waals surface area contributed by atoms with E-state index in [9.17, 15) is 9.18 Å². The number of nitrogens with zero attached hydrogens (tertiary/aromatic N) is 1. The molecule has 3 rings (SSSR count). The first-order valence-electron chi connectivity index (χ1n) is 7.38. The lowest BCUT2D eigenvalue weighted by Gasteiger charge is -2.36. The Bertz CT molecular complexity index is 534. The standard InChI is InChI=1S/C16H20FNO3/c1-20-16(19)9-13-10-18(6-7-21-13)15-5-3-11-2-4-12(17)8-14(11)15/h2,4,8,13,15H,3,5-7,9-10H2,1H3. The molecule has 0 N–H and O–H groups in total. The van der Waals surface area contributed by atoms with Gasteiger partial charge in [-0.1, -0.05) is 6.07 Å². The Labute approximate surface area is 123 Å². The van der Waals surface area contributed by atoms with Crippen LogP contribution in [0.1, 0.15) is 30.0 Å². The SMILES string of the molecule is COC(=O)CC1CN(C2CCc3ccc(F)cc32)CCO1. The number of halogens is 1. The molecule has 0 spiro atoms. The van der Waals surface area contributed by atoms with Crippen molar-refractivity contribution in [3.8, 4) is 0 Å². The molecule has 1 saturated heterocycles. The Morgan fingerprint density at radius 3 is 3.19 bits per heavy atom. The second-order valence-electron chi connectivity index (χ2n) is 5.67. The van der Waals surface area contributed by atoms with E-state index in [2.05, 4.69) is 4.90 Å². The van der Waals surface area contributed by atoms with Gasteiger partial charge in [0.25, 0.3) is 0 Å². The zero-order valence-corrected chi connectivity index (χ0v) is 12.2. The largest absolute Gasteiger partial charge is 0.469 e. The highest BCUT2D eigenvalue weighted by molar-refractivity contribution is 5.69. The average molecular weight is 293 g/mol. The van der Waals surface area contributed by atoms with Crippen LogP contribution in [0.4, 0.5) is 4.39 Å². The van der Waals surface area contributed by atoms with Crippen LogP contribution in [0.25, 0.3) is 0 Å². The molecular formula is C16H20FNO3. The van der Waals surface area contributed by atoms with Crippen molar-refractivity contribution in [1.29, 1.82) is 0 Å². The minimum Gasteiger partial charge on any atom is -0.469 e. The number of aryl methyl sites for hydroxylation is 1. The molecule has 0 radical (unpaired) electrons. The fraction of sp³-hybridized carbons (Fsp3) is 0.562. The molecular weight excluding hydrogens is 273 g/mol. The Balaban J connectivity index is 1.71. The zero-order valence-electron chi connectivity index (χ0n) is 12.2. The molecule has 1 aromatic carbocycles. The number of hydrogen-bond acceptors (Lipinski definition) is 4. The number of rotatable bonds is 3. The van der Waals surface area contributed by atoms with Gasteiger partial charge in [-0.25, -0.2) is 4.39 Å². The minimum absolute atomic E-state index is 0.135. The lowest BCUT2D eigenvalue weighted by molar-refractivity contribution is -0.146. The number of ether oxygens (including phenoxy) is 2. The van der Waals surface area contributed by atoms with Crippen LogP contribution in [-0.4, -0.2) is 43.8 Å². The molecule has 2 unspecified atom stereocenters. The summed E-state index contributed by atoms with van der Waals surface area (Å²) in [6, 6.07) is 5.30. The van der Waals surface area contributed by atoms with Crippen molar-refractivity contribution in [3.63, 3.8) is 0 Å². The highest BCUT2D eigenvalue weighted by Crippen LogP contribution is 2.37. The highest BCUT2D eigenvalue weighted by atomic mass is 19.1. The molecule has 1 fully saturated rings. The summed E-state index contributed by atoms with van der Waals surface area (Å²) in [5.41, 5.74) is 2.33. The van der Waals surface area contributed by atoms with E-state index in [1.807, 2.05) is 6.07 Å². The van der Waals surface area contributed by atoms with Crippen LogP contribution in [0.15, 0.2) is 18.2 Å². The monoisotopic (exact) mass is 293 g/mol. The molecule has 0 aromatic heterocycles. The van der Waals surface area contributed by atoms with Crippen LogP contribution < -0.4 is 0 Å². The molecule has 0 bridgehead atoms. The van der Waals surface area contributed by atoms with E-state index in [1.165, 1.54) is 18.7 Å². The number of carbonyl (C=O) groups is 1. The summed E-state index contributed by atoms with van der Waals surface area (Å²) in [7, 11) is 1.39. The quantitative estimate of drug-likeness (QED) is 0.800. The number of hydrogen-bond donors (Lipinski definition) is 0. The molecule has 1 aromatic rings. The van der Waals surface area contributed by atoms with E-state index >= 15 is 0 Å². The molecule has 21 heavy (non-hydrogen) atoms. The molecule has 1 aliphatic heterocycles. The van der Waals surface area contributed by atoms with Crippen LogP contribution in [-0.2, 0) is 20.7 Å². The summed E-state index contributed by atoms with van der Waals surface area (Å²) >= 11 is 0. The maximum Gasteiger partial charge on any atom is 0.308 e. The summed E-state index contributed by atoms with van der Waals surface area (Å²) in [5, 5.41) is 0. The van der Waals surface area contributed by atoms with Gasteiger partial charge in [-0.3, -0.25) is 9.69 Å². The van der Waals surface area contributed by atoms with Crippen molar-refractivity contribution in [2.75, 3.05) is 26.8 Å². The molecule has 5 heteroatoms. The van der Waals surface area contributed by atoms with Crippen molar-refractivity contribution < 1.29 is 18.7 Å². The summed E-state index contributed by atoms with van der Waals surface area (Å²) in [6.07, 6.45) is 2.13. The Hall–Kier alpha value is -1.46. The predicted molar refractivity (Wildman–Crippen MR) is 75.4 cm³/mol. The first kappa shape index (κ1) is 14.5. The Morgan fingerprint density at radius 2 is 2.38 bits per heavy atom. The number of morpholine rings is 1. The van der Waals surface area contributed by atoms with Crippen molar-refractivity contribution >= 4 is 5.97 Å². The van der Waals surface area contributed by atoms with E-state index in [-0.39, 0.29) is 30.4 Å². The number of methoxy groups -OCH3 is 1. The number of esters is 1. The number of fused-ring (bicyclic) bond motifs is 1. The molecule has 1 aliphatic carbocycles. The van der Waals surface area contributed by atoms with Gasteiger partial charge in [0.05, 0.1) is 26.2 Å². The second kappa shape index (κ2) is 6.12. The first-order valence-corrected chi connectivity index (χ1v) is 7.38. The third kappa shape index (κ3) is 3.09. The molecule has 2 atom stereocenters. The summed E-state index contributed by atoms with van der Waals surface area (Å²) in [5.74, 6) is -0.431. The van der Waals surface area contributed by atoms with Crippen molar-refractivity contribution in [1.82, 2.24) is 4.90 Å². The lowest BCUT2D eigenvalue weighted by atomic mass is 10.0. The van der Waals surface area contributed by atoms with E-state index in [0.717, 1.165) is 24.9 Å². The maximum atomic E-state index is 13.5. The molecule has 0 amide bonds. The Kier molecular flexibility index (Phi) is 4.22. The van der Waals surface area contributed by atoms with E-state index in [4.69, 9.17) is 9.47 Å². The maximum absolute atomic E-state index is 13.5. The molecule has 4 nitrogen and oxygen atoms in total. The normalized spacial score (nSPS) is 25.6. The van der Waals surface area contributed by atoms with E-state index < -0.39 is 0 Å². The van der Waals surface area contributed by atoms with Gasteiger partial charge in [-0.2, -0.15) is 0 Å². The van der Waals surface area contributed by atoms with Crippen LogP contribution in [0.2, 0.25) is 0 Å². The average Bonchev–Trinajstić information content (AvgIpc) is 2.90. The van der Waals surface area contributed by atoms with Crippen molar-refractivity contribution in [2.45, 2.75) is 31.4 Å². The summed E-state index contributed by atoms with van der Waals surface area (Å²) < 4.78 is 23.8. The summed E-state index contributed by atoms with van der Waals surface area (Å²) in [4.78, 5) is 13.7. The number of benzene rings is 1. The van der Waals surface area contributed by atoms with E-state index in [1.54, 1.807) is 6.07 Å². The van der Waals surface area contributed by atoms with Crippen LogP contribution in [0.3, 0.4) is 0 Å². The molecule has 114 valence electrons. The minimum atomic E-state index is -0.250. The smallest absolute Gasteiger partial charge is 0.308 e. The molecule has 0 saturated carbocycles. The van der Waals surface area contributed by atoms with Gasteiger partial charge < -0.3 is 9.47 Å². The highest BCUT2D eigenvalue weighted by Gasteiger charge is 2.32. The fourth-order valence-corrected chi connectivity index (χ4v) is 3.35. The van der Waals surface area contributed by atoms with Crippen molar-refractivity contribution in [3.05, 3.63) is 35.1 Å². The van der Waals surface area contributed by atoms with Gasteiger partial charge in [-0.05, 0) is 36.1 Å². The molecule has 1 heterocycles. The first-order chi connectivity index (χ1) is 10.2. The van der Waals surface area contributed by atoms with Gasteiger partial charge >= 0.3 is 5.97 Å². The third-order valence-corrected chi connectivity index (χ3v) is 4.39. The predicted octanol–water partition coefficient (Wildman–Crippen LogP) is 2.08. The number of carbonyl (C=O) groups excluding carboxylic acids is 1. The van der Waals surface area contributed by atoms with Gasteiger partial charge in [0.2, 0.25) is 0 Å². The zero-order chi connectivity index (χ0) is 14.8. The Morgan fingerprint density at radius 1 is 1.52 bits per heavy atom. The topological polar surface area (TPSA) is 38.8 Å². The van der Waals surface area contributed by atoms with Gasteiger partial charge in [0.15, 0.2) is 0 Å². The van der Waals surface area contributed by atoms with Gasteiger partial charge in [0.1, 0.15) is 5.82 Å². The van der Waals surface area contributed by atoms with Crippen LogP contribution in [0, 0.1) is 5.82 Å². The van der Waals surface area contributed by atoms with Crippen LogP contribution >= 0.6 is 0 Å². The molecule has 2 aliphatic rings. The van der Waals surface area contributed by atoms with E-state index in [0.29, 0.717) is 13.2 Å². The van der Waals surface area contributed by atoms with Gasteiger partial charge in [-0.15, -0.1) is 0 Å². The fourth-order valence-electron chi connectivity index (χ4n) is 3.35. The third-order valence-electron chi connectivity index (χ3n) is 4.39. The van der Waals surface area contributed by atoms with Crippen molar-refractivity contribution in [2.24, 2.45) is 0 Å². The lowest BCUT2D eigenvalue weighted by Crippen LogP contribution is -2.44. The van der Waals surface area contributed by atoms with Crippen LogP contribution in [0.5, 0.6) is 0 Å². The second-order valence-corrected chi connectivity index (χ2v) is 5.67.